The van der Waals surface area contributed by atoms with Crippen LogP contribution in [0.1, 0.15) is 0 Å². The Morgan fingerprint density at radius 1 is 0.215 bits per heavy atom. The number of fused-ring (bicyclic) bond motifs is 11. The average molecular weight is 1180 g/mol. The monoisotopic (exact) mass is 1180 g/mol. The van der Waals surface area contributed by atoms with Crippen molar-refractivity contribution in [1.29, 1.82) is 0 Å². The molecule has 0 unspecified atom stereocenters. The van der Waals surface area contributed by atoms with Crippen LogP contribution in [0.25, 0.3) is 121 Å². The van der Waals surface area contributed by atoms with E-state index < -0.39 is 0 Å². The van der Waals surface area contributed by atoms with Gasteiger partial charge in [0.05, 0.1) is 33.4 Å². The molecule has 0 fully saturated rings. The third kappa shape index (κ3) is 8.20. The lowest BCUT2D eigenvalue weighted by atomic mass is 9.33. The first-order valence-corrected chi connectivity index (χ1v) is 32.2. The lowest BCUT2D eigenvalue weighted by Crippen LogP contribution is -2.61. The fourth-order valence-corrected chi connectivity index (χ4v) is 15.7. The van der Waals surface area contributed by atoms with Gasteiger partial charge in [-0.25, -0.2) is 0 Å². The van der Waals surface area contributed by atoms with Crippen molar-refractivity contribution in [2.45, 2.75) is 0 Å². The molecule has 2 aromatic heterocycles. The Morgan fingerprint density at radius 3 is 0.914 bits per heavy atom. The first-order chi connectivity index (χ1) is 46.2. The molecule has 0 spiro atoms. The molecule has 0 N–H and O–H groups in total. The maximum absolute atomic E-state index is 2.68. The molecular formula is C88H57BN4. The van der Waals surface area contributed by atoms with Gasteiger partial charge in [-0.05, 0) is 121 Å². The van der Waals surface area contributed by atoms with Crippen molar-refractivity contribution in [3.8, 4) is 67.0 Å². The Bertz CT molecular complexity index is 5290. The van der Waals surface area contributed by atoms with Gasteiger partial charge < -0.3 is 18.9 Å². The van der Waals surface area contributed by atoms with Crippen LogP contribution in [-0.2, 0) is 0 Å². The van der Waals surface area contributed by atoms with Gasteiger partial charge in [0.1, 0.15) is 0 Å². The summed E-state index contributed by atoms with van der Waals surface area (Å²) in [6, 6.07) is 129. The zero-order chi connectivity index (χ0) is 61.1. The van der Waals surface area contributed by atoms with Gasteiger partial charge in [0.25, 0.3) is 6.71 Å². The molecule has 2 aliphatic heterocycles. The van der Waals surface area contributed by atoms with E-state index in [-0.39, 0.29) is 6.71 Å². The molecule has 432 valence electrons. The lowest BCUT2D eigenvalue weighted by Gasteiger charge is -2.46. The summed E-state index contributed by atoms with van der Waals surface area (Å²) in [5.74, 6) is 0. The smallest absolute Gasteiger partial charge is 0.252 e. The van der Waals surface area contributed by atoms with E-state index in [1.54, 1.807) is 0 Å². The highest BCUT2D eigenvalue weighted by atomic mass is 15.2. The number of hydrogen-bond acceptors (Lipinski definition) is 2. The molecule has 0 saturated heterocycles. The number of rotatable bonds is 9. The Labute approximate surface area is 540 Å². The number of hydrogen-bond donors (Lipinski definition) is 0. The first kappa shape index (κ1) is 52.7. The van der Waals surface area contributed by atoms with Gasteiger partial charge in [0.15, 0.2) is 0 Å². The number of benzene rings is 15. The Morgan fingerprint density at radius 2 is 0.527 bits per heavy atom. The summed E-state index contributed by atoms with van der Waals surface area (Å²) >= 11 is 0. The van der Waals surface area contributed by atoms with E-state index in [1.807, 2.05) is 0 Å². The Hall–Kier alpha value is -12.2. The maximum Gasteiger partial charge on any atom is 0.252 e. The molecule has 4 nitrogen and oxygen atoms in total. The minimum atomic E-state index is -0.235. The lowest BCUT2D eigenvalue weighted by molar-refractivity contribution is 1.17. The van der Waals surface area contributed by atoms with Gasteiger partial charge in [-0.1, -0.05) is 285 Å². The van der Waals surface area contributed by atoms with Crippen LogP contribution in [0.4, 0.5) is 34.1 Å². The van der Waals surface area contributed by atoms with Crippen molar-refractivity contribution in [3.63, 3.8) is 0 Å². The zero-order valence-corrected chi connectivity index (χ0v) is 50.8. The molecule has 5 heteroatoms. The van der Waals surface area contributed by atoms with Gasteiger partial charge in [-0.3, -0.25) is 0 Å². The van der Waals surface area contributed by atoms with Gasteiger partial charge in [-0.15, -0.1) is 0 Å². The highest BCUT2D eigenvalue weighted by molar-refractivity contribution is 7.00. The quantitative estimate of drug-likeness (QED) is 0.134. The van der Waals surface area contributed by atoms with E-state index in [4.69, 9.17) is 0 Å². The molecule has 4 heterocycles. The SMILES string of the molecule is c1ccc(-c2cccc(-c3ccccc3)c2N2c3cc(-n4c5ccccc5c5ccccc54)ccc3B3c4ccc(-n5c6ccccc6c6ccccc65)cc4N(c4c(-c5ccccc5)cccc4-c4ccccc4)c4cc(-c5cccc6ccccc56)cc2c43)cc1. The summed E-state index contributed by atoms with van der Waals surface area (Å²) in [7, 11) is 0. The van der Waals surface area contributed by atoms with Crippen LogP contribution in [0.5, 0.6) is 0 Å². The maximum atomic E-state index is 2.68. The third-order valence-electron chi connectivity index (χ3n) is 19.7. The van der Waals surface area contributed by atoms with E-state index in [0.29, 0.717) is 0 Å². The van der Waals surface area contributed by atoms with Gasteiger partial charge in [0.2, 0.25) is 0 Å². The predicted octanol–water partition coefficient (Wildman–Crippen LogP) is 21.5. The van der Waals surface area contributed by atoms with Crippen LogP contribution in [0.3, 0.4) is 0 Å². The summed E-state index contributed by atoms with van der Waals surface area (Å²) in [4.78, 5) is 5.36. The summed E-state index contributed by atoms with van der Waals surface area (Å²) in [5, 5.41) is 7.29. The molecule has 0 bridgehead atoms. The number of anilines is 6. The minimum Gasteiger partial charge on any atom is -0.310 e. The molecule has 17 aromatic rings. The molecule has 2 aliphatic rings. The molecule has 0 atom stereocenters. The van der Waals surface area contributed by atoms with Crippen LogP contribution in [0.2, 0.25) is 0 Å². The van der Waals surface area contributed by atoms with Gasteiger partial charge in [0, 0.05) is 77.9 Å². The molecule has 0 aliphatic carbocycles. The van der Waals surface area contributed by atoms with E-state index in [9.17, 15) is 0 Å². The second-order valence-electron chi connectivity index (χ2n) is 24.7. The van der Waals surface area contributed by atoms with E-state index in [1.165, 1.54) is 70.8 Å². The second-order valence-corrected chi connectivity index (χ2v) is 24.7. The second kappa shape index (κ2) is 21.2. The zero-order valence-electron chi connectivity index (χ0n) is 50.8. The van der Waals surface area contributed by atoms with Crippen LogP contribution in [-0.4, -0.2) is 15.8 Å². The molecule has 19 rings (SSSR count). The normalized spacial score (nSPS) is 12.5. The van der Waals surface area contributed by atoms with Crippen LogP contribution in [0.15, 0.2) is 346 Å². The molecule has 0 radical (unpaired) electrons. The standard InChI is InChI=1S/C88H57BN4/c1-5-26-59(27-6-1)68-42-24-43-69(60-28-7-2-8-29-60)87(68)92-82-56-64(90-78-46-19-15-37-72(78)73-38-16-20-47-79(73)90)50-52-76(82)89-77-53-51-65(91-80-48-21-17-39-74(80)75-40-18-22-49-81(75)91)57-83(77)93(85-55-63(54-84(92)86(85)89)67-41-23-35-58-34-13-14-36-66(58)67)88-70(61-30-9-3-10-31-61)44-25-45-71(88)62-32-11-4-12-33-62/h1-57H. The molecule has 0 amide bonds. The van der Waals surface area contributed by atoms with Crippen LogP contribution >= 0.6 is 0 Å². The Balaban J connectivity index is 1.01. The van der Waals surface area contributed by atoms with Crippen molar-refractivity contribution >= 4 is 112 Å². The number of nitrogens with zero attached hydrogens (tertiary/aromatic N) is 4. The predicted molar refractivity (Wildman–Crippen MR) is 394 cm³/mol. The third-order valence-corrected chi connectivity index (χ3v) is 19.7. The first-order valence-electron chi connectivity index (χ1n) is 32.2. The fourth-order valence-electron chi connectivity index (χ4n) is 15.7. The van der Waals surface area contributed by atoms with E-state index in [0.717, 1.165) is 101 Å². The summed E-state index contributed by atoms with van der Waals surface area (Å²) in [6.07, 6.45) is 0. The Kier molecular flexibility index (Phi) is 12.0. The summed E-state index contributed by atoms with van der Waals surface area (Å²) in [5.41, 5.74) is 28.6. The topological polar surface area (TPSA) is 16.3 Å². The van der Waals surface area contributed by atoms with Crippen LogP contribution in [0, 0.1) is 0 Å². The van der Waals surface area contributed by atoms with Crippen molar-refractivity contribution < 1.29 is 0 Å². The number of aromatic nitrogens is 2. The van der Waals surface area contributed by atoms with E-state index in [2.05, 4.69) is 365 Å². The molecular weight excluding hydrogens is 1120 g/mol. The average Bonchev–Trinajstić information content (AvgIpc) is 1.11. The van der Waals surface area contributed by atoms with Gasteiger partial charge >= 0.3 is 0 Å². The fraction of sp³-hybridized carbons (Fsp3) is 0. The highest BCUT2D eigenvalue weighted by Crippen LogP contribution is 2.54. The summed E-state index contributed by atoms with van der Waals surface area (Å²) in [6.45, 7) is -0.235. The van der Waals surface area contributed by atoms with Crippen molar-refractivity contribution in [2.75, 3.05) is 9.80 Å². The number of para-hydroxylation sites is 6. The molecule has 93 heavy (non-hydrogen) atoms. The van der Waals surface area contributed by atoms with Crippen molar-refractivity contribution in [1.82, 2.24) is 9.13 Å². The van der Waals surface area contributed by atoms with E-state index >= 15 is 0 Å². The van der Waals surface area contributed by atoms with Crippen LogP contribution < -0.4 is 26.2 Å². The van der Waals surface area contributed by atoms with Crippen molar-refractivity contribution in [3.05, 3.63) is 346 Å². The van der Waals surface area contributed by atoms with Crippen molar-refractivity contribution in [2.24, 2.45) is 0 Å². The summed E-state index contributed by atoms with van der Waals surface area (Å²) < 4.78 is 4.97. The largest absolute Gasteiger partial charge is 0.310 e. The van der Waals surface area contributed by atoms with Gasteiger partial charge in [-0.2, -0.15) is 0 Å². The highest BCUT2D eigenvalue weighted by Gasteiger charge is 2.46. The molecule has 15 aromatic carbocycles. The molecule has 0 saturated carbocycles. The minimum absolute atomic E-state index is 0.235.